The van der Waals surface area contributed by atoms with Gasteiger partial charge in [-0.2, -0.15) is 0 Å². The van der Waals surface area contributed by atoms with Crippen molar-refractivity contribution in [3.05, 3.63) is 153 Å². The SMILES string of the molecule is CCCCBr.CCCCn1c(=O)sc2cc(-c3ccccc3)ccc21.CCCCn1c(=O)sc2cc(Br)ccc21.O=c1[nH]c2ccc(Br)cc2s1.OB(O)c1ccccc1. The lowest BCUT2D eigenvalue weighted by molar-refractivity contribution is 0.426. The molecule has 0 amide bonds. The topological polar surface area (TPSA) is 117 Å². The van der Waals surface area contributed by atoms with Crippen molar-refractivity contribution in [1.82, 2.24) is 14.1 Å². The lowest BCUT2D eigenvalue weighted by Crippen LogP contribution is -2.29. The van der Waals surface area contributed by atoms with Crippen LogP contribution in [0.1, 0.15) is 59.3 Å². The van der Waals surface area contributed by atoms with Crippen molar-refractivity contribution in [2.24, 2.45) is 0 Å². The molecule has 0 saturated carbocycles. The van der Waals surface area contributed by atoms with Crippen molar-refractivity contribution in [3.63, 3.8) is 0 Å². The van der Waals surface area contributed by atoms with Gasteiger partial charge in [0, 0.05) is 27.4 Å². The fraction of sp³-hybridized carbons (Fsp3) is 0.267. The van der Waals surface area contributed by atoms with E-state index < -0.39 is 7.12 Å². The van der Waals surface area contributed by atoms with Gasteiger partial charge in [-0.25, -0.2) is 0 Å². The molecule has 0 fully saturated rings. The van der Waals surface area contributed by atoms with Crippen LogP contribution in [0, 0.1) is 0 Å². The number of alkyl halides is 1. The van der Waals surface area contributed by atoms with E-state index >= 15 is 0 Å². The molecule has 15 heteroatoms. The summed E-state index contributed by atoms with van der Waals surface area (Å²) in [4.78, 5) is 37.7. The van der Waals surface area contributed by atoms with Gasteiger partial charge in [0.05, 0.1) is 30.6 Å². The Hall–Kier alpha value is -3.41. The number of H-pyrrole nitrogens is 1. The van der Waals surface area contributed by atoms with E-state index in [0.717, 1.165) is 83.7 Å². The largest absolute Gasteiger partial charge is 0.488 e. The van der Waals surface area contributed by atoms with Gasteiger partial charge >= 0.3 is 21.7 Å². The zero-order chi connectivity index (χ0) is 43.4. The maximum Gasteiger partial charge on any atom is 0.488 e. The van der Waals surface area contributed by atoms with E-state index in [1.54, 1.807) is 24.3 Å². The first-order valence-electron chi connectivity index (χ1n) is 19.7. The van der Waals surface area contributed by atoms with Crippen molar-refractivity contribution in [2.75, 3.05) is 5.33 Å². The number of halogens is 3. The molecule has 0 aliphatic heterocycles. The summed E-state index contributed by atoms with van der Waals surface area (Å²) in [5, 5.41) is 18.3. The maximum absolute atomic E-state index is 12.1. The Morgan fingerprint density at radius 2 is 1.08 bits per heavy atom. The Kier molecular flexibility index (Phi) is 21.5. The monoisotopic (exact) mass is 1060 g/mol. The number of thiazole rings is 3. The van der Waals surface area contributed by atoms with Crippen LogP contribution in [0.3, 0.4) is 0 Å². The van der Waals surface area contributed by atoms with Gasteiger partial charge in [-0.05, 0) is 84.4 Å². The van der Waals surface area contributed by atoms with Crippen LogP contribution in [-0.4, -0.2) is 36.6 Å². The number of unbranched alkanes of at least 4 members (excludes halogenated alkanes) is 3. The van der Waals surface area contributed by atoms with E-state index in [2.05, 4.69) is 104 Å². The van der Waals surface area contributed by atoms with Crippen LogP contribution in [0.5, 0.6) is 0 Å². The zero-order valence-corrected chi connectivity index (χ0v) is 41.0. The van der Waals surface area contributed by atoms with Gasteiger partial charge in [0.2, 0.25) is 0 Å². The van der Waals surface area contributed by atoms with Crippen LogP contribution in [0.4, 0.5) is 0 Å². The maximum atomic E-state index is 12.1. The number of nitrogens with zero attached hydrogens (tertiary/aromatic N) is 2. The van der Waals surface area contributed by atoms with Crippen molar-refractivity contribution in [1.29, 1.82) is 0 Å². The number of hydrogen-bond donors (Lipinski definition) is 3. The lowest BCUT2D eigenvalue weighted by Gasteiger charge is -2.04. The van der Waals surface area contributed by atoms with Crippen molar-refractivity contribution in [3.8, 4) is 11.1 Å². The van der Waals surface area contributed by atoms with Gasteiger partial charge in [-0.1, -0.05) is 189 Å². The van der Waals surface area contributed by atoms with E-state index in [4.69, 9.17) is 10.0 Å². The lowest BCUT2D eigenvalue weighted by atomic mass is 9.81. The predicted molar refractivity (Wildman–Crippen MR) is 270 cm³/mol. The Morgan fingerprint density at radius 1 is 0.583 bits per heavy atom. The molecular formula is C45H49BBr3N3O5S3. The fourth-order valence-corrected chi connectivity index (χ4v) is 9.93. The van der Waals surface area contributed by atoms with Crippen molar-refractivity contribution in [2.45, 2.75) is 72.4 Å². The summed E-state index contributed by atoms with van der Waals surface area (Å²) in [6.07, 6.45) is 6.92. The van der Waals surface area contributed by atoms with E-state index in [-0.39, 0.29) is 14.6 Å². The molecule has 8 aromatic rings. The zero-order valence-electron chi connectivity index (χ0n) is 33.8. The summed E-state index contributed by atoms with van der Waals surface area (Å²) in [5.41, 5.74) is 5.91. The minimum atomic E-state index is -1.34. The summed E-state index contributed by atoms with van der Waals surface area (Å²) in [7, 11) is -1.34. The molecule has 60 heavy (non-hydrogen) atoms. The van der Waals surface area contributed by atoms with Gasteiger partial charge in [0.15, 0.2) is 0 Å². The second-order valence-electron chi connectivity index (χ2n) is 13.4. The molecule has 3 N–H and O–H groups in total. The summed E-state index contributed by atoms with van der Waals surface area (Å²) in [6, 6.07) is 37.0. The average Bonchev–Trinajstić information content (AvgIpc) is 3.89. The highest BCUT2D eigenvalue weighted by Gasteiger charge is 2.10. The molecular weight excluding hydrogens is 1010 g/mol. The van der Waals surface area contributed by atoms with Gasteiger partial charge in [0.25, 0.3) is 0 Å². The minimum Gasteiger partial charge on any atom is -0.423 e. The number of hydrogen-bond acceptors (Lipinski definition) is 8. The highest BCUT2D eigenvalue weighted by Crippen LogP contribution is 2.26. The number of aromatic amines is 1. The molecule has 8 rings (SSSR count). The van der Waals surface area contributed by atoms with Crippen molar-refractivity contribution >= 4 is 125 Å². The molecule has 0 atom stereocenters. The third kappa shape index (κ3) is 15.2. The molecule has 0 saturated heterocycles. The third-order valence-electron chi connectivity index (χ3n) is 8.84. The molecule has 3 heterocycles. The number of rotatable bonds is 10. The normalized spacial score (nSPS) is 10.5. The van der Waals surface area contributed by atoms with Crippen molar-refractivity contribution < 1.29 is 10.0 Å². The first-order valence-corrected chi connectivity index (χ1v) is 24.9. The Labute approximate surface area is 388 Å². The molecule has 8 nitrogen and oxygen atoms in total. The molecule has 0 spiro atoms. The van der Waals surface area contributed by atoms with E-state index in [0.29, 0.717) is 5.46 Å². The predicted octanol–water partition coefficient (Wildman–Crippen LogP) is 12.1. The summed E-state index contributed by atoms with van der Waals surface area (Å²) in [6.45, 7) is 8.11. The second-order valence-corrected chi connectivity index (χ2v) is 19.0. The number of aromatic nitrogens is 3. The van der Waals surface area contributed by atoms with Crippen LogP contribution < -0.4 is 20.1 Å². The first kappa shape index (κ1) is 49.3. The average molecular weight is 1060 g/mol. The molecule has 0 aliphatic rings. The molecule has 0 unspecified atom stereocenters. The van der Waals surface area contributed by atoms with Gasteiger partial charge in [-0.3, -0.25) is 23.5 Å². The fourth-order valence-electron chi connectivity index (χ4n) is 5.65. The molecule has 0 radical (unpaired) electrons. The summed E-state index contributed by atoms with van der Waals surface area (Å²) < 4.78 is 8.93. The second kappa shape index (κ2) is 26.2. The number of benzene rings is 5. The van der Waals surface area contributed by atoms with Crippen LogP contribution in [0.15, 0.2) is 139 Å². The Morgan fingerprint density at radius 3 is 1.58 bits per heavy atom. The molecule has 0 bridgehead atoms. The highest BCUT2D eigenvalue weighted by molar-refractivity contribution is 9.10. The number of aryl methyl sites for hydroxylation is 2. The summed E-state index contributed by atoms with van der Waals surface area (Å²) in [5.74, 6) is 0. The van der Waals surface area contributed by atoms with Crippen LogP contribution >= 0.6 is 81.8 Å². The van der Waals surface area contributed by atoms with E-state index in [9.17, 15) is 14.4 Å². The van der Waals surface area contributed by atoms with Crippen LogP contribution in [0.2, 0.25) is 0 Å². The smallest absolute Gasteiger partial charge is 0.423 e. The molecule has 3 aromatic heterocycles. The summed E-state index contributed by atoms with van der Waals surface area (Å²) >= 11 is 13.9. The quantitative estimate of drug-likeness (QED) is 0.0932. The van der Waals surface area contributed by atoms with Crippen LogP contribution in [0.25, 0.3) is 41.8 Å². The van der Waals surface area contributed by atoms with Crippen LogP contribution in [-0.2, 0) is 13.1 Å². The Bertz CT molecular complexity index is 2670. The molecule has 0 aliphatic carbocycles. The third-order valence-corrected chi connectivity index (χ3v) is 13.1. The minimum absolute atomic E-state index is 0.00176. The van der Waals surface area contributed by atoms with Gasteiger partial charge < -0.3 is 15.0 Å². The molecule has 316 valence electrons. The first-order chi connectivity index (χ1) is 29.0. The highest BCUT2D eigenvalue weighted by atomic mass is 79.9. The number of fused-ring (bicyclic) bond motifs is 3. The number of nitrogens with one attached hydrogen (secondary N) is 1. The Balaban J connectivity index is 0.000000176. The standard InChI is InChI=1S/C17H17NOS.C11H12BrNOS.C7H4BrNOS.C6H7BO2.C4H9Br/c1-2-3-11-18-15-10-9-14(12-16(15)20-17(18)19)13-7-5-4-6-8-13;1-2-3-6-13-9-5-4-8(12)7-10(9)15-11(13)14;8-4-1-2-5-6(3-4)11-7(10)9-5;8-7(9)6-4-2-1-3-5-6;1-2-3-4-5/h4-10,12H,2-3,11H2,1H3;4-5,7H,2-3,6H2,1H3;1-3H,(H,9,10);1-5,8-9H;2-4H2,1H3. The van der Waals surface area contributed by atoms with Gasteiger partial charge in [-0.15, -0.1) is 0 Å². The van der Waals surface area contributed by atoms with Gasteiger partial charge in [0.1, 0.15) is 0 Å². The molecule has 5 aromatic carbocycles. The van der Waals surface area contributed by atoms with E-state index in [1.165, 1.54) is 58.0 Å². The van der Waals surface area contributed by atoms with E-state index in [1.807, 2.05) is 69.8 Å².